The van der Waals surface area contributed by atoms with Crippen molar-refractivity contribution in [2.75, 3.05) is 0 Å². The summed E-state index contributed by atoms with van der Waals surface area (Å²) in [7, 11) is 14.6. The van der Waals surface area contributed by atoms with E-state index in [9.17, 15) is 0 Å². The Morgan fingerprint density at radius 2 is 1.08 bits per heavy atom. The molecule has 2 N–H and O–H groups in total. The second-order valence-corrected chi connectivity index (χ2v) is 26.2. The van der Waals surface area contributed by atoms with E-state index < -0.39 is 0 Å². The Hall–Kier alpha value is 4.08. The number of aromatic nitrogens is 8. The molecular weight excluding hydrogens is 1450 g/mol. The van der Waals surface area contributed by atoms with Crippen LogP contribution in [0.15, 0.2) is 70.2 Å². The summed E-state index contributed by atoms with van der Waals surface area (Å²) in [6.07, 6.45) is 15.3. The molecule has 206 valence electrons. The van der Waals surface area contributed by atoms with E-state index in [0.29, 0.717) is 13.3 Å². The van der Waals surface area contributed by atoms with Gasteiger partial charge < -0.3 is 33.1 Å². The molecule has 0 spiro atoms. The molecule has 0 unspecified atom stereocenters. The first-order valence-corrected chi connectivity index (χ1v) is 38.3. The van der Waals surface area contributed by atoms with Crippen molar-refractivity contribution >= 4 is 155 Å². The summed E-state index contributed by atoms with van der Waals surface area (Å²) in [5.41, 5.74) is 0. The van der Waals surface area contributed by atoms with Crippen LogP contribution in [0, 0.1) is 0 Å². The van der Waals surface area contributed by atoms with Gasteiger partial charge in [-0.15, -0.1) is 0 Å². The van der Waals surface area contributed by atoms with Gasteiger partial charge >= 0.3 is 60.8 Å². The summed E-state index contributed by atoms with van der Waals surface area (Å²) in [6, 6.07) is 0. The number of H-pyrrole nitrogens is 2. The van der Waals surface area contributed by atoms with Gasteiger partial charge in [0, 0.05) is 135 Å². The topological polar surface area (TPSA) is 75.0 Å². The van der Waals surface area contributed by atoms with Crippen LogP contribution in [0.2, 0.25) is 0 Å². The number of aromatic amines is 2. The summed E-state index contributed by atoms with van der Waals surface area (Å²) < 4.78 is 8.09. The van der Waals surface area contributed by atoms with Crippen molar-refractivity contribution in [1.82, 2.24) is 29.1 Å². The molecule has 0 saturated heterocycles. The second-order valence-electron chi connectivity index (χ2n) is 5.78. The molecular formula is C16H22I8N8S4. The average molecular weight is 1470 g/mol. The van der Waals surface area contributed by atoms with Crippen LogP contribution < -0.4 is 46.4 Å². The van der Waals surface area contributed by atoms with Gasteiger partial charge in [-0.05, 0) is 21.6 Å². The molecule has 0 radical (unpaired) electrons. The Morgan fingerprint density at radius 1 is 0.750 bits per heavy atom. The van der Waals surface area contributed by atoms with Crippen molar-refractivity contribution < 1.29 is 46.4 Å². The zero-order valence-electron chi connectivity index (χ0n) is 19.0. The molecule has 20 heteroatoms. The molecule has 0 atom stereocenters. The Labute approximate surface area is 321 Å². The molecule has 0 aliphatic carbocycles. The van der Waals surface area contributed by atoms with Crippen molar-refractivity contribution in [3.8, 4) is 0 Å². The van der Waals surface area contributed by atoms with Crippen LogP contribution in [0.25, 0.3) is 0 Å². The maximum absolute atomic E-state index is 4.23. The zero-order chi connectivity index (χ0) is 26.6. The third kappa shape index (κ3) is 17.9. The predicted molar refractivity (Wildman–Crippen MR) is 198 cm³/mol. The number of hydrogen-bond donors (Lipinski definition) is 2. The maximum Gasteiger partial charge on any atom is -1.00 e. The molecule has 0 saturated carbocycles. The molecule has 0 bridgehead atoms. The molecule has 0 aromatic carbocycles. The minimum atomic E-state index is 0. The molecule has 4 rings (SSSR count). The number of aryl methyl sites for hydroxylation is 4. The summed E-state index contributed by atoms with van der Waals surface area (Å²) in [5.74, 6) is 0. The van der Waals surface area contributed by atoms with Gasteiger partial charge in [-0.2, -0.15) is 0 Å². The Kier molecular flexibility index (Phi) is 32.7. The largest absolute Gasteiger partial charge is 1.00 e. The van der Waals surface area contributed by atoms with Crippen molar-refractivity contribution in [2.24, 2.45) is 28.2 Å². The minimum absolute atomic E-state index is 0. The van der Waals surface area contributed by atoms with E-state index in [1.165, 1.54) is 0 Å². The van der Waals surface area contributed by atoms with E-state index in [4.69, 9.17) is 0 Å². The number of nitrogens with zero attached hydrogens (tertiary/aromatic N) is 6. The number of hydrogen-bond acceptors (Lipinski definition) is 6. The number of rotatable bonds is 6. The Balaban J connectivity index is 0. The summed E-state index contributed by atoms with van der Waals surface area (Å²) >= 11 is 13.8. The number of nitrogens with one attached hydrogen (secondary N) is 2. The summed E-state index contributed by atoms with van der Waals surface area (Å²) in [5, 5.41) is 4.23. The molecule has 36 heavy (non-hydrogen) atoms. The van der Waals surface area contributed by atoms with Crippen LogP contribution in [0.1, 0.15) is 0 Å². The third-order valence-electron chi connectivity index (χ3n) is 3.59. The first-order chi connectivity index (χ1) is 17.0. The van der Waals surface area contributed by atoms with Gasteiger partial charge in [-0.1, -0.05) is 0 Å². The van der Waals surface area contributed by atoms with Gasteiger partial charge in [0.15, 0.2) is 10.3 Å². The molecule has 4 aromatic rings. The van der Waals surface area contributed by atoms with Gasteiger partial charge in [0.1, 0.15) is 24.8 Å². The summed E-state index contributed by atoms with van der Waals surface area (Å²) in [6.45, 7) is 0. The smallest absolute Gasteiger partial charge is 1.00 e. The standard InChI is InChI=1S/2C8H10N4S2.I3.2I2.HI/c2*1-11-5-3-9-7(11)13-14-8-10-4-6-12(8)2;1-3-2;2*1-2;/h2*3-6H,1-2H3;;;;1H/q;;-1;;;/p+1. The normalized spacial score (nSPS) is 9.28. The third-order valence-corrected chi connectivity index (χ3v) is 8.32. The molecule has 0 aliphatic heterocycles. The quantitative estimate of drug-likeness (QED) is 0.175. The van der Waals surface area contributed by atoms with Gasteiger partial charge in [-0.3, -0.25) is 0 Å². The van der Waals surface area contributed by atoms with Crippen LogP contribution in [0.5, 0.6) is 0 Å². The Bertz CT molecular complexity index is 884. The SMILES string of the molecule is Cn1ccnc1SSc1[nH]cc[n+]1C.Cn1ccnc1SSc1[nH]cc[n+]1C.II.II.I[I-]I.[I-]. The van der Waals surface area contributed by atoms with Crippen molar-refractivity contribution in [3.05, 3.63) is 49.6 Å². The van der Waals surface area contributed by atoms with E-state index in [0.717, 1.165) is 20.6 Å². The average Bonchev–Trinajstić information content (AvgIpc) is 3.66. The van der Waals surface area contributed by atoms with E-state index in [2.05, 4.69) is 132 Å². The predicted octanol–water partition coefficient (Wildman–Crippen LogP) is 2.07. The van der Waals surface area contributed by atoms with Gasteiger partial charge in [0.2, 0.25) is 0 Å². The molecule has 4 aromatic heterocycles. The van der Waals surface area contributed by atoms with Crippen LogP contribution in [-0.4, -0.2) is 29.1 Å². The fourth-order valence-corrected chi connectivity index (χ4v) is 6.30. The number of halogens is 8. The summed E-state index contributed by atoms with van der Waals surface area (Å²) in [4.78, 5) is 14.8. The molecule has 4 heterocycles. The van der Waals surface area contributed by atoms with Gasteiger partial charge in [0.05, 0.1) is 14.1 Å². The zero-order valence-corrected chi connectivity index (χ0v) is 39.5. The fourth-order valence-electron chi connectivity index (χ4n) is 1.96. The van der Waals surface area contributed by atoms with E-state index >= 15 is 0 Å². The maximum atomic E-state index is 4.23. The second kappa shape index (κ2) is 27.9. The molecule has 8 nitrogen and oxygen atoms in total. The molecule has 0 amide bonds. The molecule has 0 fully saturated rings. The Morgan fingerprint density at radius 3 is 1.31 bits per heavy atom. The van der Waals surface area contributed by atoms with Crippen molar-refractivity contribution in [1.29, 1.82) is 0 Å². The fraction of sp³-hybridized carbons (Fsp3) is 0.250. The van der Waals surface area contributed by atoms with Gasteiger partial charge in [0.25, 0.3) is 0 Å². The van der Waals surface area contributed by atoms with E-state index in [1.807, 2.05) is 83.6 Å². The monoisotopic (exact) mass is 1470 g/mol. The van der Waals surface area contributed by atoms with Crippen LogP contribution >= 0.6 is 155 Å². The van der Waals surface area contributed by atoms with Crippen molar-refractivity contribution in [2.45, 2.75) is 20.6 Å². The first-order valence-electron chi connectivity index (χ1n) is 8.81. The van der Waals surface area contributed by atoms with Gasteiger partial charge in [-0.25, -0.2) is 29.1 Å². The van der Waals surface area contributed by atoms with E-state index in [-0.39, 0.29) is 24.0 Å². The minimum Gasteiger partial charge on any atom is -1.00 e. The molecule has 0 aliphatic rings. The van der Waals surface area contributed by atoms with Crippen LogP contribution in [0.3, 0.4) is 0 Å². The number of imidazole rings is 4. The van der Waals surface area contributed by atoms with Crippen LogP contribution in [0.4, 0.5) is 0 Å². The van der Waals surface area contributed by atoms with Crippen LogP contribution in [-0.2, 0) is 28.2 Å². The first kappa shape index (κ1) is 42.2. The van der Waals surface area contributed by atoms with E-state index in [1.54, 1.807) is 55.6 Å². The van der Waals surface area contributed by atoms with Crippen molar-refractivity contribution in [3.63, 3.8) is 0 Å².